The van der Waals surface area contributed by atoms with E-state index in [-0.39, 0.29) is 6.47 Å². The summed E-state index contributed by atoms with van der Waals surface area (Å²) in [5, 5.41) is 6.89. The second-order valence-corrected chi connectivity index (χ2v) is 4.66. The van der Waals surface area contributed by atoms with Crippen LogP contribution in [0.3, 0.4) is 0 Å². The quantitative estimate of drug-likeness (QED) is 0.343. The zero-order valence-electron chi connectivity index (χ0n) is 12.3. The summed E-state index contributed by atoms with van der Waals surface area (Å²) in [4.78, 5) is 10.8. The molecular formula is C14H18F5NO2. The summed E-state index contributed by atoms with van der Waals surface area (Å²) >= 11 is 0. The highest BCUT2D eigenvalue weighted by Crippen LogP contribution is 2.21. The molecule has 0 spiro atoms. The van der Waals surface area contributed by atoms with Crippen molar-refractivity contribution in [2.24, 2.45) is 0 Å². The van der Waals surface area contributed by atoms with Crippen LogP contribution in [0.5, 0.6) is 0 Å². The molecule has 1 aliphatic rings. The Hall–Kier alpha value is -1.70. The van der Waals surface area contributed by atoms with Crippen LogP contribution in [0.15, 0.2) is 0 Å². The van der Waals surface area contributed by atoms with Gasteiger partial charge in [0.1, 0.15) is 0 Å². The molecule has 1 saturated heterocycles. The fourth-order valence-corrected chi connectivity index (χ4v) is 1.77. The monoisotopic (exact) mass is 327 g/mol. The summed E-state index contributed by atoms with van der Waals surface area (Å²) in [6.45, 7) is 3.20. The highest BCUT2D eigenvalue weighted by molar-refractivity contribution is 5.32. The fraction of sp³-hybridized carbons (Fsp3) is 0.500. The van der Waals surface area contributed by atoms with E-state index in [9.17, 15) is 22.0 Å². The Balaban J connectivity index is 0.000000372. The Morgan fingerprint density at radius 1 is 0.864 bits per heavy atom. The van der Waals surface area contributed by atoms with Crippen molar-refractivity contribution in [3.05, 3.63) is 34.6 Å². The van der Waals surface area contributed by atoms with Crippen LogP contribution in [0.1, 0.15) is 24.8 Å². The van der Waals surface area contributed by atoms with E-state index in [1.807, 2.05) is 0 Å². The SMILES string of the molecule is CN1CCCCC1.Cc1c(F)c(F)c(F)c(F)c1F.O=CO. The maximum Gasteiger partial charge on any atom is 0.290 e. The zero-order chi connectivity index (χ0) is 17.3. The number of likely N-dealkylation sites (tertiary alicyclic amines) is 1. The van der Waals surface area contributed by atoms with Crippen LogP contribution in [-0.4, -0.2) is 36.6 Å². The predicted octanol–water partition coefficient (Wildman–Crippen LogP) is 3.49. The number of halogens is 5. The molecule has 1 aromatic rings. The molecule has 0 amide bonds. The van der Waals surface area contributed by atoms with E-state index in [4.69, 9.17) is 9.90 Å². The minimum Gasteiger partial charge on any atom is -0.483 e. The topological polar surface area (TPSA) is 40.5 Å². The molecule has 0 saturated carbocycles. The lowest BCUT2D eigenvalue weighted by Crippen LogP contribution is -2.24. The lowest BCUT2D eigenvalue weighted by molar-refractivity contribution is -0.122. The van der Waals surface area contributed by atoms with Crippen molar-refractivity contribution in [3.8, 4) is 0 Å². The van der Waals surface area contributed by atoms with Gasteiger partial charge in [-0.1, -0.05) is 6.42 Å². The summed E-state index contributed by atoms with van der Waals surface area (Å²) in [7, 11) is 2.19. The van der Waals surface area contributed by atoms with Gasteiger partial charge in [-0.25, -0.2) is 22.0 Å². The molecule has 1 fully saturated rings. The summed E-state index contributed by atoms with van der Waals surface area (Å²) in [5.74, 6) is -9.52. The molecule has 126 valence electrons. The van der Waals surface area contributed by atoms with Crippen LogP contribution in [-0.2, 0) is 4.79 Å². The van der Waals surface area contributed by atoms with E-state index in [1.54, 1.807) is 0 Å². The molecular weight excluding hydrogens is 309 g/mol. The molecule has 22 heavy (non-hydrogen) atoms. The average molecular weight is 327 g/mol. The van der Waals surface area contributed by atoms with Gasteiger partial charge >= 0.3 is 0 Å². The molecule has 0 aromatic heterocycles. The number of carbonyl (C=O) groups is 1. The lowest BCUT2D eigenvalue weighted by Gasteiger charge is -2.20. The van der Waals surface area contributed by atoms with Gasteiger partial charge in [-0.2, -0.15) is 0 Å². The van der Waals surface area contributed by atoms with Crippen molar-refractivity contribution in [2.45, 2.75) is 26.2 Å². The normalized spacial score (nSPS) is 14.3. The number of nitrogens with zero attached hydrogens (tertiary/aromatic N) is 1. The van der Waals surface area contributed by atoms with E-state index in [0.717, 1.165) is 6.92 Å². The number of carboxylic acid groups (broad SMARTS) is 1. The second kappa shape index (κ2) is 10.1. The molecule has 1 heterocycles. The fourth-order valence-electron chi connectivity index (χ4n) is 1.77. The van der Waals surface area contributed by atoms with Gasteiger partial charge in [0.05, 0.1) is 0 Å². The molecule has 8 heteroatoms. The number of hydrogen-bond acceptors (Lipinski definition) is 2. The zero-order valence-corrected chi connectivity index (χ0v) is 12.3. The van der Waals surface area contributed by atoms with E-state index in [0.29, 0.717) is 0 Å². The van der Waals surface area contributed by atoms with Crippen molar-refractivity contribution in [2.75, 3.05) is 20.1 Å². The number of rotatable bonds is 0. The van der Waals surface area contributed by atoms with E-state index in [1.165, 1.54) is 32.4 Å². The van der Waals surface area contributed by atoms with E-state index < -0.39 is 34.6 Å². The van der Waals surface area contributed by atoms with Gasteiger partial charge in [-0.15, -0.1) is 0 Å². The van der Waals surface area contributed by atoms with Gasteiger partial charge in [0, 0.05) is 5.56 Å². The largest absolute Gasteiger partial charge is 0.483 e. The highest BCUT2D eigenvalue weighted by Gasteiger charge is 2.22. The maximum absolute atomic E-state index is 12.4. The van der Waals surface area contributed by atoms with Gasteiger partial charge in [-0.3, -0.25) is 4.79 Å². The van der Waals surface area contributed by atoms with Crippen molar-refractivity contribution in [1.29, 1.82) is 0 Å². The Morgan fingerprint density at radius 2 is 1.18 bits per heavy atom. The Bertz CT molecular complexity index is 386. The van der Waals surface area contributed by atoms with E-state index >= 15 is 0 Å². The molecule has 2 rings (SSSR count). The van der Waals surface area contributed by atoms with Crippen LogP contribution in [0.4, 0.5) is 22.0 Å². The molecule has 0 unspecified atom stereocenters. The highest BCUT2D eigenvalue weighted by atomic mass is 19.2. The third-order valence-electron chi connectivity index (χ3n) is 3.01. The van der Waals surface area contributed by atoms with Crippen molar-refractivity contribution < 1.29 is 31.9 Å². The Kier molecular flexibility index (Phi) is 9.32. The Labute approximate surface area is 125 Å². The summed E-state index contributed by atoms with van der Waals surface area (Å²) < 4.78 is 61.6. The first-order valence-electron chi connectivity index (χ1n) is 6.52. The van der Waals surface area contributed by atoms with E-state index in [2.05, 4.69) is 11.9 Å². The number of piperidine rings is 1. The summed E-state index contributed by atoms with van der Waals surface area (Å²) in [6.07, 6.45) is 4.28. The second-order valence-electron chi connectivity index (χ2n) is 4.66. The minimum atomic E-state index is -2.13. The van der Waals surface area contributed by atoms with Crippen LogP contribution < -0.4 is 0 Å². The number of benzene rings is 1. The average Bonchev–Trinajstić information content (AvgIpc) is 2.51. The predicted molar refractivity (Wildman–Crippen MR) is 71.0 cm³/mol. The molecule has 1 aliphatic heterocycles. The first kappa shape index (κ1) is 20.3. The van der Waals surface area contributed by atoms with Gasteiger partial charge < -0.3 is 10.0 Å². The molecule has 3 nitrogen and oxygen atoms in total. The van der Waals surface area contributed by atoms with Crippen LogP contribution >= 0.6 is 0 Å². The molecule has 0 aliphatic carbocycles. The standard InChI is InChI=1S/C7H3F5.C6H13N.CH2O2/c1-2-3(8)5(10)7(12)6(11)4(2)9;1-7-5-3-2-4-6-7;2-1-3/h1H3;2-6H2,1H3;1H,(H,2,3). The van der Waals surface area contributed by atoms with Gasteiger partial charge in [0.2, 0.25) is 5.82 Å². The van der Waals surface area contributed by atoms with Gasteiger partial charge in [-0.05, 0) is 39.9 Å². The molecule has 0 atom stereocenters. The van der Waals surface area contributed by atoms with Gasteiger partial charge in [0.15, 0.2) is 23.3 Å². The third kappa shape index (κ3) is 5.97. The molecule has 1 aromatic carbocycles. The van der Waals surface area contributed by atoms with Crippen LogP contribution in [0.25, 0.3) is 0 Å². The van der Waals surface area contributed by atoms with Crippen LogP contribution in [0.2, 0.25) is 0 Å². The maximum atomic E-state index is 12.4. The first-order chi connectivity index (χ1) is 10.3. The van der Waals surface area contributed by atoms with Crippen LogP contribution in [0, 0.1) is 36.0 Å². The van der Waals surface area contributed by atoms with Crippen molar-refractivity contribution in [3.63, 3.8) is 0 Å². The van der Waals surface area contributed by atoms with Gasteiger partial charge in [0.25, 0.3) is 6.47 Å². The summed E-state index contributed by atoms with van der Waals surface area (Å²) in [6, 6.07) is 0. The molecule has 0 radical (unpaired) electrons. The molecule has 1 N–H and O–H groups in total. The minimum absolute atomic E-state index is 0.250. The molecule has 0 bridgehead atoms. The lowest BCUT2D eigenvalue weighted by atomic mass is 10.1. The third-order valence-corrected chi connectivity index (χ3v) is 3.01. The first-order valence-corrected chi connectivity index (χ1v) is 6.52. The smallest absolute Gasteiger partial charge is 0.290 e. The van der Waals surface area contributed by atoms with Crippen molar-refractivity contribution in [1.82, 2.24) is 4.90 Å². The van der Waals surface area contributed by atoms with Crippen molar-refractivity contribution >= 4 is 6.47 Å². The summed E-state index contributed by atoms with van der Waals surface area (Å²) in [5.41, 5.74) is -0.869. The Morgan fingerprint density at radius 3 is 1.45 bits per heavy atom. The number of hydrogen-bond donors (Lipinski definition) is 1.